The first-order valence-electron chi connectivity index (χ1n) is 6.87. The number of halogens is 4. The lowest BCUT2D eigenvalue weighted by molar-refractivity contribution is -0.210. The molecule has 2 aliphatic rings. The van der Waals surface area contributed by atoms with Crippen LogP contribution in [0.4, 0.5) is 34.6 Å². The first-order valence-corrected chi connectivity index (χ1v) is 6.87. The zero-order valence-electron chi connectivity index (χ0n) is 11.7. The smallest absolute Gasteiger partial charge is 0.382 e. The van der Waals surface area contributed by atoms with Crippen molar-refractivity contribution in [1.82, 2.24) is 0 Å². The minimum absolute atomic E-state index is 0.0389. The molecule has 1 saturated heterocycles. The van der Waals surface area contributed by atoms with Crippen LogP contribution in [0.25, 0.3) is 9.69 Å². The van der Waals surface area contributed by atoms with E-state index < -0.39 is 29.8 Å². The standard InChI is InChI=1S/C15H11F4N3O/c1-20-11-5-8(4-10(16)12(11)21-2)22-6-7-3-9(7)13(22)14(23)15(17,18)19/h4-5,7,9,13-14,23H,3,6H2/t7-,9-,13+,14+/m0/s1. The molecule has 120 valence electrons. The molecule has 3 rings (SSSR count). The highest BCUT2D eigenvalue weighted by Gasteiger charge is 2.60. The summed E-state index contributed by atoms with van der Waals surface area (Å²) in [4.78, 5) is 7.32. The van der Waals surface area contributed by atoms with Gasteiger partial charge in [0, 0.05) is 12.2 Å². The van der Waals surface area contributed by atoms with Crippen molar-refractivity contribution in [1.29, 1.82) is 0 Å². The lowest BCUT2D eigenvalue weighted by Crippen LogP contribution is -2.49. The van der Waals surface area contributed by atoms with Gasteiger partial charge in [0.05, 0.1) is 19.2 Å². The fraction of sp³-hybridized carbons (Fsp3) is 0.467. The number of benzene rings is 1. The van der Waals surface area contributed by atoms with Gasteiger partial charge in [-0.3, -0.25) is 0 Å². The highest BCUT2D eigenvalue weighted by Crippen LogP contribution is 2.54. The van der Waals surface area contributed by atoms with E-state index in [1.54, 1.807) is 0 Å². The number of alkyl halides is 3. The molecule has 0 unspecified atom stereocenters. The lowest BCUT2D eigenvalue weighted by Gasteiger charge is -2.34. The van der Waals surface area contributed by atoms with Gasteiger partial charge in [-0.15, -0.1) is 0 Å². The van der Waals surface area contributed by atoms with Crippen LogP contribution in [0.5, 0.6) is 0 Å². The van der Waals surface area contributed by atoms with Gasteiger partial charge in [-0.25, -0.2) is 14.1 Å². The molecule has 0 spiro atoms. The number of rotatable bonds is 2. The fourth-order valence-corrected chi connectivity index (χ4v) is 3.31. The molecule has 0 aromatic heterocycles. The van der Waals surface area contributed by atoms with E-state index in [2.05, 4.69) is 9.69 Å². The molecule has 4 nitrogen and oxygen atoms in total. The minimum Gasteiger partial charge on any atom is -0.382 e. The number of hydrogen-bond donors (Lipinski definition) is 1. The van der Waals surface area contributed by atoms with Crippen LogP contribution >= 0.6 is 0 Å². The first kappa shape index (κ1) is 15.6. The molecule has 0 bridgehead atoms. The molecule has 0 amide bonds. The summed E-state index contributed by atoms with van der Waals surface area (Å²) >= 11 is 0. The summed E-state index contributed by atoms with van der Waals surface area (Å²) in [6.45, 7) is 14.2. The Morgan fingerprint density at radius 2 is 1.96 bits per heavy atom. The monoisotopic (exact) mass is 325 g/mol. The number of fused-ring (bicyclic) bond motifs is 1. The van der Waals surface area contributed by atoms with Crippen molar-refractivity contribution in [3.05, 3.63) is 40.8 Å². The van der Waals surface area contributed by atoms with E-state index in [9.17, 15) is 22.7 Å². The predicted molar refractivity (Wildman–Crippen MR) is 73.7 cm³/mol. The van der Waals surface area contributed by atoms with Crippen LogP contribution in [0.2, 0.25) is 0 Å². The van der Waals surface area contributed by atoms with Gasteiger partial charge >= 0.3 is 6.18 Å². The van der Waals surface area contributed by atoms with Gasteiger partial charge in [0.2, 0.25) is 5.69 Å². The topological polar surface area (TPSA) is 32.2 Å². The van der Waals surface area contributed by atoms with Crippen molar-refractivity contribution >= 4 is 17.1 Å². The molecule has 1 aromatic carbocycles. The van der Waals surface area contributed by atoms with Gasteiger partial charge < -0.3 is 10.0 Å². The van der Waals surface area contributed by atoms with Crippen LogP contribution in [0.3, 0.4) is 0 Å². The van der Waals surface area contributed by atoms with Crippen molar-refractivity contribution in [2.24, 2.45) is 11.8 Å². The number of aliphatic hydroxyl groups excluding tert-OH is 1. The van der Waals surface area contributed by atoms with E-state index in [1.165, 1.54) is 11.0 Å². The quantitative estimate of drug-likeness (QED) is 0.664. The third-order valence-electron chi connectivity index (χ3n) is 4.46. The molecule has 0 radical (unpaired) electrons. The largest absolute Gasteiger partial charge is 0.416 e. The van der Waals surface area contributed by atoms with Gasteiger partial charge in [-0.05, 0) is 30.4 Å². The summed E-state index contributed by atoms with van der Waals surface area (Å²) in [7, 11) is 0. The van der Waals surface area contributed by atoms with Gasteiger partial charge in [0.25, 0.3) is 0 Å². The van der Waals surface area contributed by atoms with Gasteiger partial charge in [0.1, 0.15) is 5.82 Å². The highest BCUT2D eigenvalue weighted by atomic mass is 19.4. The Hall–Kier alpha value is -2.32. The van der Waals surface area contributed by atoms with Crippen LogP contribution in [-0.4, -0.2) is 30.0 Å². The molecule has 1 aliphatic carbocycles. The van der Waals surface area contributed by atoms with Crippen LogP contribution in [0.15, 0.2) is 12.1 Å². The molecule has 1 saturated carbocycles. The van der Waals surface area contributed by atoms with Crippen LogP contribution < -0.4 is 4.90 Å². The Balaban J connectivity index is 2.00. The van der Waals surface area contributed by atoms with Crippen molar-refractivity contribution in [2.45, 2.75) is 24.7 Å². The Labute approximate surface area is 129 Å². The molecule has 1 aromatic rings. The summed E-state index contributed by atoms with van der Waals surface area (Å²) in [6.07, 6.45) is -6.69. The molecule has 1 N–H and O–H groups in total. The summed E-state index contributed by atoms with van der Waals surface area (Å²) in [5, 5.41) is 9.64. The van der Waals surface area contributed by atoms with Crippen molar-refractivity contribution in [3.8, 4) is 0 Å². The summed E-state index contributed by atoms with van der Waals surface area (Å²) in [6, 6.07) is 0.990. The third-order valence-corrected chi connectivity index (χ3v) is 4.46. The molecular weight excluding hydrogens is 314 g/mol. The zero-order chi connectivity index (χ0) is 16.9. The second kappa shape index (κ2) is 5.10. The van der Waals surface area contributed by atoms with E-state index in [-0.39, 0.29) is 29.8 Å². The summed E-state index contributed by atoms with van der Waals surface area (Å²) in [5.41, 5.74) is -0.585. The number of piperidine rings is 1. The lowest BCUT2D eigenvalue weighted by atomic mass is 10.0. The van der Waals surface area contributed by atoms with Gasteiger partial charge in [-0.1, -0.05) is 0 Å². The molecule has 8 heteroatoms. The molecule has 4 atom stereocenters. The van der Waals surface area contributed by atoms with E-state index in [0.717, 1.165) is 6.07 Å². The zero-order valence-corrected chi connectivity index (χ0v) is 11.7. The Morgan fingerprint density at radius 1 is 1.26 bits per heavy atom. The van der Waals surface area contributed by atoms with E-state index in [1.807, 2.05) is 0 Å². The Kier molecular flexibility index (Phi) is 3.46. The molecule has 2 fully saturated rings. The first-order chi connectivity index (χ1) is 10.8. The van der Waals surface area contributed by atoms with Crippen LogP contribution in [0, 0.1) is 30.8 Å². The van der Waals surface area contributed by atoms with E-state index >= 15 is 0 Å². The summed E-state index contributed by atoms with van der Waals surface area (Å²) in [5.74, 6) is -1.19. The van der Waals surface area contributed by atoms with E-state index in [0.29, 0.717) is 6.42 Å². The SMILES string of the molecule is [C-]#[N+]c1cc(N2C[C@@H]3C[C@@H]3[C@@H]2[C@@H](O)C(F)(F)F)cc(F)c1[N+]#[C-]. The maximum atomic E-state index is 14.0. The minimum atomic E-state index is -4.77. The van der Waals surface area contributed by atoms with Crippen molar-refractivity contribution < 1.29 is 22.7 Å². The van der Waals surface area contributed by atoms with Crippen LogP contribution in [0.1, 0.15) is 6.42 Å². The average Bonchev–Trinajstić information content (AvgIpc) is 3.15. The Bertz CT molecular complexity index is 734. The normalized spacial score (nSPS) is 27.1. The van der Waals surface area contributed by atoms with Crippen molar-refractivity contribution in [3.63, 3.8) is 0 Å². The maximum Gasteiger partial charge on any atom is 0.416 e. The van der Waals surface area contributed by atoms with Crippen molar-refractivity contribution in [2.75, 3.05) is 11.4 Å². The van der Waals surface area contributed by atoms with Crippen LogP contribution in [-0.2, 0) is 0 Å². The molecule has 1 aliphatic heterocycles. The third kappa shape index (κ3) is 2.49. The molecule has 1 heterocycles. The predicted octanol–water partition coefficient (Wildman–Crippen LogP) is 3.68. The second-order valence-electron chi connectivity index (χ2n) is 5.81. The number of hydrogen-bond acceptors (Lipinski definition) is 2. The van der Waals surface area contributed by atoms with Gasteiger partial charge in [0.15, 0.2) is 11.8 Å². The summed E-state index contributed by atoms with van der Waals surface area (Å²) < 4.78 is 52.6. The second-order valence-corrected chi connectivity index (χ2v) is 5.81. The molecule has 23 heavy (non-hydrogen) atoms. The average molecular weight is 325 g/mol. The van der Waals surface area contributed by atoms with Gasteiger partial charge in [-0.2, -0.15) is 13.2 Å². The number of nitrogens with zero attached hydrogens (tertiary/aromatic N) is 3. The highest BCUT2D eigenvalue weighted by molar-refractivity contribution is 5.76. The molecular formula is C15H11F4N3O. The number of aliphatic hydroxyl groups is 1. The fourth-order valence-electron chi connectivity index (χ4n) is 3.31. The maximum absolute atomic E-state index is 14.0. The number of anilines is 1. The van der Waals surface area contributed by atoms with E-state index in [4.69, 9.17) is 13.1 Å². The Morgan fingerprint density at radius 3 is 2.52 bits per heavy atom.